The quantitative estimate of drug-likeness (QED) is 0.803. The fourth-order valence-electron chi connectivity index (χ4n) is 3.94. The molecule has 4 rings (SSSR count). The summed E-state index contributed by atoms with van der Waals surface area (Å²) >= 11 is 0. The van der Waals surface area contributed by atoms with Crippen LogP contribution in [0, 0.1) is 0 Å². The molecule has 2 aliphatic rings. The van der Waals surface area contributed by atoms with E-state index < -0.39 is 0 Å². The second-order valence-electron chi connectivity index (χ2n) is 7.62. The van der Waals surface area contributed by atoms with Crippen molar-refractivity contribution in [1.82, 2.24) is 19.4 Å². The highest BCUT2D eigenvalue weighted by atomic mass is 16.2. The molecule has 0 bridgehead atoms. The number of carbonyl (C=O) groups excluding carboxylic acids is 1. The van der Waals surface area contributed by atoms with Crippen LogP contribution in [0.1, 0.15) is 43.5 Å². The summed E-state index contributed by atoms with van der Waals surface area (Å²) < 4.78 is 2.02. The monoisotopic (exact) mass is 352 g/mol. The second kappa shape index (κ2) is 7.62. The van der Waals surface area contributed by atoms with Crippen LogP contribution in [0.4, 0.5) is 0 Å². The summed E-state index contributed by atoms with van der Waals surface area (Å²) in [6.07, 6.45) is 9.31. The number of aromatic nitrogens is 2. The first-order valence-electron chi connectivity index (χ1n) is 9.77. The van der Waals surface area contributed by atoms with E-state index in [1.807, 2.05) is 30.1 Å². The van der Waals surface area contributed by atoms with Gasteiger partial charge in [0, 0.05) is 32.0 Å². The first kappa shape index (κ1) is 17.3. The lowest BCUT2D eigenvalue weighted by Crippen LogP contribution is -2.51. The molecule has 1 saturated carbocycles. The van der Waals surface area contributed by atoms with Crippen molar-refractivity contribution >= 4 is 5.91 Å². The Bertz CT molecular complexity index is 737. The number of rotatable bonds is 6. The van der Waals surface area contributed by atoms with E-state index in [1.54, 1.807) is 0 Å². The molecular formula is C21H28N4O. The molecule has 0 unspecified atom stereocenters. The predicted octanol–water partition coefficient (Wildman–Crippen LogP) is 2.97. The Labute approximate surface area is 155 Å². The summed E-state index contributed by atoms with van der Waals surface area (Å²) in [7, 11) is 2.00. The standard InChI is InChI=1S/C21H28N4O/c1-23-14-12-22-20(23)16-25(18-10-11-18)21(26)19-9-5-6-13-24(19)15-17-7-3-2-4-8-17/h2-4,7-8,12,14,18-19H,5-6,9-11,13,15-16H2,1H3/t19-/m0/s1. The number of amides is 1. The topological polar surface area (TPSA) is 41.4 Å². The molecule has 2 aromatic rings. The number of aryl methyl sites for hydroxylation is 1. The van der Waals surface area contributed by atoms with Crippen molar-refractivity contribution in [1.29, 1.82) is 0 Å². The van der Waals surface area contributed by atoms with Crippen LogP contribution in [0.25, 0.3) is 0 Å². The Morgan fingerprint density at radius 1 is 1.19 bits per heavy atom. The zero-order chi connectivity index (χ0) is 17.9. The van der Waals surface area contributed by atoms with Gasteiger partial charge in [-0.2, -0.15) is 0 Å². The van der Waals surface area contributed by atoms with E-state index in [0.29, 0.717) is 18.5 Å². The Balaban J connectivity index is 1.50. The van der Waals surface area contributed by atoms with Crippen molar-refractivity contribution in [2.45, 2.75) is 57.3 Å². The molecule has 26 heavy (non-hydrogen) atoms. The second-order valence-corrected chi connectivity index (χ2v) is 7.62. The van der Waals surface area contributed by atoms with Gasteiger partial charge in [0.25, 0.3) is 0 Å². The van der Waals surface area contributed by atoms with E-state index in [4.69, 9.17) is 0 Å². The van der Waals surface area contributed by atoms with Gasteiger partial charge in [0.1, 0.15) is 5.82 Å². The van der Waals surface area contributed by atoms with E-state index >= 15 is 0 Å². The summed E-state index contributed by atoms with van der Waals surface area (Å²) in [5, 5.41) is 0. The lowest BCUT2D eigenvalue weighted by molar-refractivity contribution is -0.140. The number of likely N-dealkylation sites (tertiary alicyclic amines) is 1. The van der Waals surface area contributed by atoms with Crippen molar-refractivity contribution in [2.24, 2.45) is 7.05 Å². The molecule has 2 heterocycles. The smallest absolute Gasteiger partial charge is 0.240 e. The molecule has 1 amide bonds. The summed E-state index contributed by atoms with van der Waals surface area (Å²) in [4.78, 5) is 22.4. The van der Waals surface area contributed by atoms with Gasteiger partial charge in [-0.3, -0.25) is 9.69 Å². The molecule has 1 aliphatic carbocycles. The van der Waals surface area contributed by atoms with Gasteiger partial charge in [-0.25, -0.2) is 4.98 Å². The number of piperidine rings is 1. The minimum atomic E-state index is 0.00447. The minimum absolute atomic E-state index is 0.00447. The molecule has 1 aromatic carbocycles. The largest absolute Gasteiger partial charge is 0.337 e. The molecule has 138 valence electrons. The van der Waals surface area contributed by atoms with Crippen molar-refractivity contribution in [3.05, 3.63) is 54.1 Å². The highest BCUT2D eigenvalue weighted by Gasteiger charge is 2.39. The van der Waals surface area contributed by atoms with Gasteiger partial charge in [0.05, 0.1) is 12.6 Å². The van der Waals surface area contributed by atoms with Crippen LogP contribution in [0.5, 0.6) is 0 Å². The lowest BCUT2D eigenvalue weighted by Gasteiger charge is -2.38. The van der Waals surface area contributed by atoms with Gasteiger partial charge >= 0.3 is 0 Å². The van der Waals surface area contributed by atoms with Crippen molar-refractivity contribution < 1.29 is 4.79 Å². The third-order valence-corrected chi connectivity index (χ3v) is 5.63. The lowest BCUT2D eigenvalue weighted by atomic mass is 9.99. The third kappa shape index (κ3) is 3.83. The van der Waals surface area contributed by atoms with Crippen molar-refractivity contribution in [2.75, 3.05) is 6.54 Å². The molecule has 1 aromatic heterocycles. The fourth-order valence-corrected chi connectivity index (χ4v) is 3.94. The van der Waals surface area contributed by atoms with E-state index in [-0.39, 0.29) is 6.04 Å². The number of benzene rings is 1. The highest BCUT2D eigenvalue weighted by Crippen LogP contribution is 2.31. The van der Waals surface area contributed by atoms with Crippen LogP contribution >= 0.6 is 0 Å². The number of hydrogen-bond acceptors (Lipinski definition) is 3. The van der Waals surface area contributed by atoms with Crippen LogP contribution in [0.3, 0.4) is 0 Å². The fraction of sp³-hybridized carbons (Fsp3) is 0.524. The maximum Gasteiger partial charge on any atom is 0.240 e. The average molecular weight is 352 g/mol. The number of nitrogens with zero attached hydrogens (tertiary/aromatic N) is 4. The van der Waals surface area contributed by atoms with E-state index in [2.05, 4.69) is 39.0 Å². The van der Waals surface area contributed by atoms with Gasteiger partial charge < -0.3 is 9.47 Å². The molecule has 0 radical (unpaired) electrons. The zero-order valence-electron chi connectivity index (χ0n) is 15.6. The summed E-state index contributed by atoms with van der Waals surface area (Å²) in [5.41, 5.74) is 1.29. The molecule has 5 heteroatoms. The average Bonchev–Trinajstić information content (AvgIpc) is 3.43. The van der Waals surface area contributed by atoms with Crippen molar-refractivity contribution in [3.63, 3.8) is 0 Å². The summed E-state index contributed by atoms with van der Waals surface area (Å²) in [6.45, 7) is 2.49. The maximum absolute atomic E-state index is 13.5. The highest BCUT2D eigenvalue weighted by molar-refractivity contribution is 5.82. The molecule has 2 fully saturated rings. The maximum atomic E-state index is 13.5. The molecule has 0 N–H and O–H groups in total. The van der Waals surface area contributed by atoms with Crippen LogP contribution in [0.15, 0.2) is 42.7 Å². The molecule has 0 spiro atoms. The van der Waals surface area contributed by atoms with Crippen LogP contribution in [-0.4, -0.2) is 43.9 Å². The van der Waals surface area contributed by atoms with Crippen molar-refractivity contribution in [3.8, 4) is 0 Å². The van der Waals surface area contributed by atoms with E-state index in [1.165, 1.54) is 12.0 Å². The minimum Gasteiger partial charge on any atom is -0.337 e. The van der Waals surface area contributed by atoms with Crippen LogP contribution < -0.4 is 0 Å². The molecule has 1 saturated heterocycles. The molecule has 1 atom stereocenters. The summed E-state index contributed by atoms with van der Waals surface area (Å²) in [6, 6.07) is 10.9. The normalized spacial score (nSPS) is 20.9. The molecule has 5 nitrogen and oxygen atoms in total. The first-order chi connectivity index (χ1) is 12.7. The van der Waals surface area contributed by atoms with Crippen LogP contribution in [0.2, 0.25) is 0 Å². The van der Waals surface area contributed by atoms with Gasteiger partial charge in [-0.1, -0.05) is 36.8 Å². The molecular weight excluding hydrogens is 324 g/mol. The number of imidazole rings is 1. The Morgan fingerprint density at radius 3 is 2.69 bits per heavy atom. The predicted molar refractivity (Wildman–Crippen MR) is 101 cm³/mol. The Kier molecular flexibility index (Phi) is 5.07. The Hall–Kier alpha value is -2.14. The summed E-state index contributed by atoms with van der Waals surface area (Å²) in [5.74, 6) is 1.27. The van der Waals surface area contributed by atoms with E-state index in [9.17, 15) is 4.79 Å². The van der Waals surface area contributed by atoms with Gasteiger partial charge in [0.15, 0.2) is 0 Å². The SMILES string of the molecule is Cn1ccnc1CN(C(=O)[C@@H]1CCCCN1Cc1ccccc1)C1CC1. The Morgan fingerprint density at radius 2 is 2.00 bits per heavy atom. The van der Waals surface area contributed by atoms with Gasteiger partial charge in [-0.05, 0) is 37.8 Å². The van der Waals surface area contributed by atoms with Gasteiger partial charge in [-0.15, -0.1) is 0 Å². The number of carbonyl (C=O) groups is 1. The van der Waals surface area contributed by atoms with E-state index in [0.717, 1.165) is 44.6 Å². The third-order valence-electron chi connectivity index (χ3n) is 5.63. The first-order valence-corrected chi connectivity index (χ1v) is 9.77. The van der Waals surface area contributed by atoms with Gasteiger partial charge in [0.2, 0.25) is 5.91 Å². The van der Waals surface area contributed by atoms with Crippen LogP contribution in [-0.2, 0) is 24.9 Å². The zero-order valence-corrected chi connectivity index (χ0v) is 15.6. The molecule has 1 aliphatic heterocycles. The number of hydrogen-bond donors (Lipinski definition) is 0.